The zero-order chi connectivity index (χ0) is 20.9. The minimum atomic E-state index is -4.53. The van der Waals surface area contributed by atoms with E-state index in [-0.39, 0.29) is 11.3 Å². The molecule has 0 bridgehead atoms. The average molecular weight is 393 g/mol. The van der Waals surface area contributed by atoms with Crippen molar-refractivity contribution < 1.29 is 32.2 Å². The summed E-state index contributed by atoms with van der Waals surface area (Å²) < 4.78 is 51.7. The van der Waals surface area contributed by atoms with E-state index in [2.05, 4.69) is 0 Å². The van der Waals surface area contributed by atoms with Crippen LogP contribution in [-0.4, -0.2) is 22.3 Å². The van der Waals surface area contributed by atoms with Crippen molar-refractivity contribution >= 4 is 18.0 Å². The molecule has 1 aromatic heterocycles. The fourth-order valence-corrected chi connectivity index (χ4v) is 3.15. The molecule has 148 valence electrons. The number of ether oxygens (including phenoxy) is 2. The molecule has 0 saturated carbocycles. The molecule has 0 atom stereocenters. The van der Waals surface area contributed by atoms with Gasteiger partial charge in [-0.1, -0.05) is 12.1 Å². The molecule has 1 aliphatic rings. The lowest BCUT2D eigenvalue weighted by Crippen LogP contribution is -2.41. The van der Waals surface area contributed by atoms with Crippen LogP contribution < -0.4 is 0 Å². The number of benzene rings is 1. The zero-order valence-corrected chi connectivity index (χ0v) is 15.7. The largest absolute Gasteiger partial charge is 0.419 e. The highest BCUT2D eigenvalue weighted by Crippen LogP contribution is 2.36. The van der Waals surface area contributed by atoms with Crippen molar-refractivity contribution in [2.24, 2.45) is 0 Å². The van der Waals surface area contributed by atoms with E-state index in [1.165, 1.54) is 42.7 Å². The Morgan fingerprint density at radius 2 is 1.61 bits per heavy atom. The van der Waals surface area contributed by atoms with Gasteiger partial charge in [-0.05, 0) is 43.7 Å². The van der Waals surface area contributed by atoms with Crippen molar-refractivity contribution in [1.29, 1.82) is 0 Å². The number of aryl methyl sites for hydroxylation is 1. The number of nitrogens with zero attached hydrogens (tertiary/aromatic N) is 1. The van der Waals surface area contributed by atoms with Crippen LogP contribution in [0.2, 0.25) is 0 Å². The first kappa shape index (κ1) is 19.7. The van der Waals surface area contributed by atoms with Crippen LogP contribution in [0, 0.1) is 13.8 Å². The molecule has 1 saturated heterocycles. The summed E-state index contributed by atoms with van der Waals surface area (Å²) in [5.74, 6) is -3.06. The Kier molecular flexibility index (Phi) is 4.61. The van der Waals surface area contributed by atoms with E-state index < -0.39 is 29.5 Å². The maximum atomic E-state index is 13.4. The third-order valence-corrected chi connectivity index (χ3v) is 4.34. The van der Waals surface area contributed by atoms with Crippen molar-refractivity contribution in [3.8, 4) is 5.69 Å². The second kappa shape index (κ2) is 6.54. The molecule has 5 nitrogen and oxygen atoms in total. The Labute approximate surface area is 159 Å². The topological polar surface area (TPSA) is 57.5 Å². The summed E-state index contributed by atoms with van der Waals surface area (Å²) in [7, 11) is 0. The number of aromatic nitrogens is 1. The van der Waals surface area contributed by atoms with Gasteiger partial charge < -0.3 is 14.0 Å². The SMILES string of the molecule is Cc1cc(C=C2C(=O)OC(C)(C)OC2=O)c(C)n1-c1ccccc1C(F)(F)F. The predicted octanol–water partition coefficient (Wildman–Crippen LogP) is 4.33. The zero-order valence-electron chi connectivity index (χ0n) is 15.7. The Bertz CT molecular complexity index is 977. The molecule has 0 amide bonds. The van der Waals surface area contributed by atoms with E-state index in [1.54, 1.807) is 19.9 Å². The first-order chi connectivity index (χ1) is 12.9. The molecular formula is C20H18F3NO4. The number of esters is 2. The van der Waals surface area contributed by atoms with Crippen molar-refractivity contribution in [2.75, 3.05) is 0 Å². The summed E-state index contributed by atoms with van der Waals surface area (Å²) in [6.45, 7) is 6.11. The second-order valence-corrected chi connectivity index (χ2v) is 6.91. The van der Waals surface area contributed by atoms with Gasteiger partial charge in [-0.2, -0.15) is 13.2 Å². The summed E-state index contributed by atoms with van der Waals surface area (Å²) in [6.07, 6.45) is -3.25. The monoisotopic (exact) mass is 393 g/mol. The number of hydrogen-bond acceptors (Lipinski definition) is 4. The van der Waals surface area contributed by atoms with Crippen molar-refractivity contribution in [3.05, 3.63) is 58.4 Å². The van der Waals surface area contributed by atoms with Gasteiger partial charge in [0.05, 0.1) is 11.3 Å². The highest BCUT2D eigenvalue weighted by molar-refractivity contribution is 6.19. The predicted molar refractivity (Wildman–Crippen MR) is 94.5 cm³/mol. The van der Waals surface area contributed by atoms with Crippen molar-refractivity contribution in [3.63, 3.8) is 0 Å². The molecule has 3 rings (SSSR count). The molecule has 8 heteroatoms. The van der Waals surface area contributed by atoms with Gasteiger partial charge in [0.1, 0.15) is 5.57 Å². The number of rotatable bonds is 2. The van der Waals surface area contributed by atoms with Gasteiger partial charge in [0.25, 0.3) is 5.79 Å². The van der Waals surface area contributed by atoms with Crippen LogP contribution in [0.4, 0.5) is 13.2 Å². The van der Waals surface area contributed by atoms with E-state index >= 15 is 0 Å². The Morgan fingerprint density at radius 3 is 2.18 bits per heavy atom. The minimum Gasteiger partial charge on any atom is -0.419 e. The fraction of sp³-hybridized carbons (Fsp3) is 0.300. The van der Waals surface area contributed by atoms with E-state index in [4.69, 9.17) is 9.47 Å². The van der Waals surface area contributed by atoms with Gasteiger partial charge in [-0.25, -0.2) is 9.59 Å². The molecule has 28 heavy (non-hydrogen) atoms. The van der Waals surface area contributed by atoms with Gasteiger partial charge in [0.2, 0.25) is 0 Å². The number of para-hydroxylation sites is 1. The van der Waals surface area contributed by atoms with Crippen LogP contribution in [0.5, 0.6) is 0 Å². The summed E-state index contributed by atoms with van der Waals surface area (Å²) in [4.78, 5) is 24.3. The quantitative estimate of drug-likeness (QED) is 0.433. The van der Waals surface area contributed by atoms with E-state index in [0.717, 1.165) is 6.07 Å². The van der Waals surface area contributed by atoms with E-state index in [9.17, 15) is 22.8 Å². The number of carbonyl (C=O) groups excluding carboxylic acids is 2. The lowest BCUT2D eigenvalue weighted by Gasteiger charge is -2.29. The molecule has 2 aromatic rings. The average Bonchev–Trinajstić information content (AvgIpc) is 2.83. The van der Waals surface area contributed by atoms with E-state index in [1.807, 2.05) is 0 Å². The fourth-order valence-electron chi connectivity index (χ4n) is 3.15. The lowest BCUT2D eigenvalue weighted by molar-refractivity contribution is -0.222. The Hall–Kier alpha value is -3.03. The van der Waals surface area contributed by atoms with Crippen LogP contribution in [0.25, 0.3) is 11.8 Å². The van der Waals surface area contributed by atoms with E-state index in [0.29, 0.717) is 17.0 Å². The molecular weight excluding hydrogens is 375 g/mol. The minimum absolute atomic E-state index is 0.0374. The maximum absolute atomic E-state index is 13.4. The van der Waals surface area contributed by atoms with Crippen LogP contribution in [0.1, 0.15) is 36.4 Å². The highest BCUT2D eigenvalue weighted by atomic mass is 19.4. The van der Waals surface area contributed by atoms with Crippen LogP contribution in [-0.2, 0) is 25.2 Å². The molecule has 0 unspecified atom stereocenters. The number of hydrogen-bond donors (Lipinski definition) is 0. The maximum Gasteiger partial charge on any atom is 0.418 e. The number of alkyl halides is 3. The summed E-state index contributed by atoms with van der Waals surface area (Å²) in [5.41, 5.74) is 0.228. The van der Waals surface area contributed by atoms with Gasteiger partial charge >= 0.3 is 18.1 Å². The van der Waals surface area contributed by atoms with Crippen molar-refractivity contribution in [2.45, 2.75) is 39.7 Å². The number of cyclic esters (lactones) is 2. The summed E-state index contributed by atoms with van der Waals surface area (Å²) in [5, 5.41) is 0. The van der Waals surface area contributed by atoms with Gasteiger partial charge in [0, 0.05) is 25.2 Å². The third-order valence-electron chi connectivity index (χ3n) is 4.34. The summed E-state index contributed by atoms with van der Waals surface area (Å²) >= 11 is 0. The molecule has 1 aliphatic heterocycles. The first-order valence-corrected chi connectivity index (χ1v) is 8.44. The van der Waals surface area contributed by atoms with Gasteiger partial charge in [-0.15, -0.1) is 0 Å². The Morgan fingerprint density at radius 1 is 1.04 bits per heavy atom. The molecule has 1 aromatic carbocycles. The molecule has 0 aliphatic carbocycles. The standard InChI is InChI=1S/C20H18F3NO4/c1-11-9-13(10-14-17(25)27-19(3,4)28-18(14)26)12(2)24(11)16-8-6-5-7-15(16)20(21,22)23/h5-10H,1-4H3. The second-order valence-electron chi connectivity index (χ2n) is 6.91. The van der Waals surface area contributed by atoms with Crippen molar-refractivity contribution in [1.82, 2.24) is 4.57 Å². The summed E-state index contributed by atoms with van der Waals surface area (Å²) in [6, 6.07) is 6.80. The van der Waals surface area contributed by atoms with Gasteiger partial charge in [0.15, 0.2) is 0 Å². The van der Waals surface area contributed by atoms with Crippen LogP contribution in [0.15, 0.2) is 35.9 Å². The Balaban J connectivity index is 2.10. The third kappa shape index (κ3) is 3.54. The molecule has 0 N–H and O–H groups in total. The normalized spacial score (nSPS) is 16.6. The number of halogens is 3. The smallest absolute Gasteiger partial charge is 0.418 e. The highest BCUT2D eigenvalue weighted by Gasteiger charge is 2.39. The van der Waals surface area contributed by atoms with Crippen LogP contribution >= 0.6 is 0 Å². The van der Waals surface area contributed by atoms with Crippen LogP contribution in [0.3, 0.4) is 0 Å². The molecule has 0 radical (unpaired) electrons. The lowest BCUT2D eigenvalue weighted by atomic mass is 10.1. The van der Waals surface area contributed by atoms with Gasteiger partial charge in [-0.3, -0.25) is 0 Å². The number of carbonyl (C=O) groups is 2. The molecule has 0 spiro atoms. The first-order valence-electron chi connectivity index (χ1n) is 8.44. The molecule has 1 fully saturated rings. The molecule has 2 heterocycles.